The van der Waals surface area contributed by atoms with Crippen LogP contribution in [0.3, 0.4) is 0 Å². The van der Waals surface area contributed by atoms with Crippen molar-refractivity contribution in [3.63, 3.8) is 0 Å². The van der Waals surface area contributed by atoms with Crippen molar-refractivity contribution in [2.24, 2.45) is 5.41 Å². The highest BCUT2D eigenvalue weighted by atomic mass is 16.7. The number of epoxide rings is 2. The third-order valence-electron chi connectivity index (χ3n) is 3.54. The third-order valence-corrected chi connectivity index (χ3v) is 3.54. The van der Waals surface area contributed by atoms with Crippen LogP contribution in [0, 0.1) is 5.41 Å². The third kappa shape index (κ3) is 2.09. The largest absolute Gasteiger partial charge is 0.368 e. The van der Waals surface area contributed by atoms with Crippen LogP contribution < -0.4 is 0 Å². The summed E-state index contributed by atoms with van der Waals surface area (Å²) >= 11 is 0. The Labute approximate surface area is 99.0 Å². The van der Waals surface area contributed by atoms with E-state index in [1.165, 1.54) is 0 Å². The molecule has 4 aliphatic rings. The fourth-order valence-corrected chi connectivity index (χ4v) is 2.24. The summed E-state index contributed by atoms with van der Waals surface area (Å²) in [6, 6.07) is 0. The van der Waals surface area contributed by atoms with Gasteiger partial charge in [-0.1, -0.05) is 0 Å². The van der Waals surface area contributed by atoms with Gasteiger partial charge in [0.2, 0.25) is 0 Å². The number of ether oxygens (including phenoxy) is 6. The lowest BCUT2D eigenvalue weighted by atomic mass is 9.90. The topological polar surface area (TPSA) is 62.0 Å². The maximum absolute atomic E-state index is 5.67. The minimum absolute atomic E-state index is 0.130. The molecule has 0 amide bonds. The minimum atomic E-state index is -0.204. The molecule has 6 nitrogen and oxygen atoms in total. The van der Waals surface area contributed by atoms with E-state index in [1.807, 2.05) is 0 Å². The van der Waals surface area contributed by atoms with Crippen molar-refractivity contribution in [2.45, 2.75) is 24.8 Å². The van der Waals surface area contributed by atoms with Crippen molar-refractivity contribution in [1.29, 1.82) is 0 Å². The van der Waals surface area contributed by atoms with Crippen LogP contribution in [0.2, 0.25) is 0 Å². The fraction of sp³-hybridized carbons (Fsp3) is 1.00. The summed E-state index contributed by atoms with van der Waals surface area (Å²) in [6.45, 7) is 3.91. The molecule has 4 rings (SSSR count). The van der Waals surface area contributed by atoms with Crippen LogP contribution in [-0.4, -0.2) is 64.4 Å². The average Bonchev–Trinajstić information content (AvgIpc) is 3.23. The first-order valence-corrected chi connectivity index (χ1v) is 6.04. The Bertz CT molecular complexity index is 251. The lowest BCUT2D eigenvalue weighted by molar-refractivity contribution is -0.307. The van der Waals surface area contributed by atoms with Crippen molar-refractivity contribution in [1.82, 2.24) is 0 Å². The molecule has 0 N–H and O–H groups in total. The molecule has 0 saturated carbocycles. The van der Waals surface area contributed by atoms with Gasteiger partial charge in [0.05, 0.1) is 45.1 Å². The van der Waals surface area contributed by atoms with Crippen LogP contribution in [0.4, 0.5) is 0 Å². The van der Waals surface area contributed by atoms with Gasteiger partial charge in [0.25, 0.3) is 0 Å². The van der Waals surface area contributed by atoms with E-state index in [1.54, 1.807) is 0 Å². The molecule has 0 aromatic carbocycles. The fourth-order valence-electron chi connectivity index (χ4n) is 2.24. The highest BCUT2D eigenvalue weighted by molar-refractivity contribution is 4.89. The SMILES string of the molecule is C1OC1C1OCC2(CO1)COC(C1CO1)OC2. The van der Waals surface area contributed by atoms with E-state index in [4.69, 9.17) is 28.4 Å². The molecular weight excluding hydrogens is 228 g/mol. The maximum Gasteiger partial charge on any atom is 0.186 e. The van der Waals surface area contributed by atoms with E-state index in [0.29, 0.717) is 26.4 Å². The molecule has 96 valence electrons. The Morgan fingerprint density at radius 3 is 1.24 bits per heavy atom. The van der Waals surface area contributed by atoms with E-state index < -0.39 is 0 Å². The molecule has 0 aromatic heterocycles. The highest BCUT2D eigenvalue weighted by Crippen LogP contribution is 2.35. The smallest absolute Gasteiger partial charge is 0.186 e. The first kappa shape index (κ1) is 10.7. The van der Waals surface area contributed by atoms with Crippen molar-refractivity contribution >= 4 is 0 Å². The highest BCUT2D eigenvalue weighted by Gasteiger charge is 2.48. The van der Waals surface area contributed by atoms with Gasteiger partial charge in [-0.05, 0) is 0 Å². The van der Waals surface area contributed by atoms with E-state index >= 15 is 0 Å². The zero-order chi connectivity index (χ0) is 11.3. The summed E-state index contributed by atoms with van der Waals surface area (Å²) in [6.07, 6.45) is -0.147. The van der Waals surface area contributed by atoms with Crippen LogP contribution in [0.25, 0.3) is 0 Å². The summed E-state index contributed by atoms with van der Waals surface area (Å²) in [7, 11) is 0. The van der Waals surface area contributed by atoms with E-state index in [0.717, 1.165) is 13.2 Å². The van der Waals surface area contributed by atoms with Gasteiger partial charge >= 0.3 is 0 Å². The number of hydrogen-bond acceptors (Lipinski definition) is 6. The van der Waals surface area contributed by atoms with Crippen molar-refractivity contribution in [3.05, 3.63) is 0 Å². The molecule has 2 unspecified atom stereocenters. The molecule has 0 bridgehead atoms. The van der Waals surface area contributed by atoms with Crippen molar-refractivity contribution in [2.75, 3.05) is 39.6 Å². The summed E-state index contributed by atoms with van der Waals surface area (Å²) in [5.41, 5.74) is -0.156. The first-order chi connectivity index (χ1) is 8.35. The molecular formula is C11H16O6. The van der Waals surface area contributed by atoms with Gasteiger partial charge in [-0.3, -0.25) is 0 Å². The molecule has 6 heteroatoms. The average molecular weight is 244 g/mol. The maximum atomic E-state index is 5.67. The summed E-state index contributed by atoms with van der Waals surface area (Å²) in [4.78, 5) is 0. The Balaban J connectivity index is 1.32. The van der Waals surface area contributed by atoms with Crippen molar-refractivity contribution in [3.8, 4) is 0 Å². The summed E-state index contributed by atoms with van der Waals surface area (Å²) < 4.78 is 33.0. The van der Waals surface area contributed by atoms with E-state index in [9.17, 15) is 0 Å². The van der Waals surface area contributed by atoms with Crippen LogP contribution in [-0.2, 0) is 28.4 Å². The van der Waals surface area contributed by atoms with Gasteiger partial charge in [0.15, 0.2) is 12.6 Å². The van der Waals surface area contributed by atoms with Gasteiger partial charge in [0, 0.05) is 0 Å². The second-order valence-electron chi connectivity index (χ2n) is 5.22. The second kappa shape index (κ2) is 3.88. The lowest BCUT2D eigenvalue weighted by Gasteiger charge is -2.43. The van der Waals surface area contributed by atoms with Gasteiger partial charge in [-0.15, -0.1) is 0 Å². The molecule has 1 spiro atoms. The molecule has 4 heterocycles. The molecule has 4 fully saturated rings. The van der Waals surface area contributed by atoms with Gasteiger partial charge in [-0.2, -0.15) is 0 Å². The van der Waals surface area contributed by atoms with Gasteiger partial charge < -0.3 is 28.4 Å². The number of hydrogen-bond donors (Lipinski definition) is 0. The minimum Gasteiger partial charge on any atom is -0.368 e. The second-order valence-corrected chi connectivity index (χ2v) is 5.22. The monoisotopic (exact) mass is 244 g/mol. The van der Waals surface area contributed by atoms with Crippen LogP contribution in [0.5, 0.6) is 0 Å². The molecule has 2 atom stereocenters. The lowest BCUT2D eigenvalue weighted by Crippen LogP contribution is -2.53. The zero-order valence-corrected chi connectivity index (χ0v) is 9.50. The predicted molar refractivity (Wildman–Crippen MR) is 53.3 cm³/mol. The molecule has 17 heavy (non-hydrogen) atoms. The van der Waals surface area contributed by atoms with Gasteiger partial charge in [0.1, 0.15) is 12.2 Å². The molecule has 4 aliphatic heterocycles. The van der Waals surface area contributed by atoms with E-state index in [-0.39, 0.29) is 30.2 Å². The molecule has 0 aromatic rings. The van der Waals surface area contributed by atoms with Crippen LogP contribution in [0.1, 0.15) is 0 Å². The molecule has 0 aliphatic carbocycles. The predicted octanol–water partition coefficient (Wildman–Crippen LogP) is -0.484. The Morgan fingerprint density at radius 1 is 0.588 bits per heavy atom. The molecule has 0 radical (unpaired) electrons. The van der Waals surface area contributed by atoms with Crippen LogP contribution in [0.15, 0.2) is 0 Å². The molecule has 4 saturated heterocycles. The quantitative estimate of drug-likeness (QED) is 0.611. The van der Waals surface area contributed by atoms with Gasteiger partial charge in [-0.25, -0.2) is 0 Å². The Hall–Kier alpha value is -0.240. The Kier molecular flexibility index (Phi) is 2.43. The summed E-state index contributed by atoms with van der Waals surface area (Å²) in [5.74, 6) is 0. The van der Waals surface area contributed by atoms with Crippen LogP contribution >= 0.6 is 0 Å². The van der Waals surface area contributed by atoms with E-state index in [2.05, 4.69) is 0 Å². The number of rotatable bonds is 2. The van der Waals surface area contributed by atoms with Crippen molar-refractivity contribution < 1.29 is 28.4 Å². The Morgan fingerprint density at radius 2 is 0.941 bits per heavy atom. The zero-order valence-electron chi connectivity index (χ0n) is 9.50. The normalized spacial score (nSPS) is 53.6. The summed E-state index contributed by atoms with van der Waals surface area (Å²) in [5, 5.41) is 0. The first-order valence-electron chi connectivity index (χ1n) is 6.04. The standard InChI is InChI=1S/C11H16O6/c1-7(12-1)9-14-3-11(4-15-9)5-16-10(17-6-11)8-2-13-8/h7-10H,1-6H2.